The maximum absolute atomic E-state index is 13.0. The molecule has 1 aromatic heterocycles. The van der Waals surface area contributed by atoms with E-state index in [9.17, 15) is 9.90 Å². The van der Waals surface area contributed by atoms with E-state index in [0.717, 1.165) is 35.2 Å². The molecule has 154 valence electrons. The third kappa shape index (κ3) is 4.22. The van der Waals surface area contributed by atoms with Crippen LogP contribution in [0.5, 0.6) is 5.75 Å². The fourth-order valence-corrected chi connectivity index (χ4v) is 4.44. The second-order valence-corrected chi connectivity index (χ2v) is 8.15. The van der Waals surface area contributed by atoms with Gasteiger partial charge in [-0.15, -0.1) is 17.0 Å². The van der Waals surface area contributed by atoms with Gasteiger partial charge in [-0.1, -0.05) is 25.3 Å². The van der Waals surface area contributed by atoms with Gasteiger partial charge >= 0.3 is 0 Å². The largest absolute Gasteiger partial charge is 0.507 e. The number of aromatic hydroxyl groups is 1. The van der Waals surface area contributed by atoms with Crippen LogP contribution in [-0.2, 0) is 6.54 Å². The lowest BCUT2D eigenvalue weighted by molar-refractivity contribution is 0.0962. The highest BCUT2D eigenvalue weighted by Gasteiger charge is 2.28. The number of phenolic OH excluding ortho intramolecular Hbond substituents is 1. The Balaban J connectivity index is 0.00000240. The van der Waals surface area contributed by atoms with Crippen molar-refractivity contribution in [2.75, 3.05) is 6.54 Å². The molecular weight excluding hydrogens is 430 g/mol. The summed E-state index contributed by atoms with van der Waals surface area (Å²) in [5.74, 6) is 0.968. The number of Topliss-reactive ketones (excluding diaryl/α,β-unsaturated/α-hetero) is 1. The molecule has 0 bridgehead atoms. The molecule has 2 N–H and O–H groups in total. The van der Waals surface area contributed by atoms with Crippen molar-refractivity contribution in [3.8, 4) is 5.75 Å². The number of hydrogen-bond donors (Lipinski definition) is 2. The van der Waals surface area contributed by atoms with Crippen molar-refractivity contribution in [3.63, 3.8) is 0 Å². The number of amidine groups is 1. The van der Waals surface area contributed by atoms with E-state index >= 15 is 0 Å². The Labute approximate surface area is 182 Å². The zero-order valence-corrected chi connectivity index (χ0v) is 18.7. The van der Waals surface area contributed by atoms with Gasteiger partial charge < -0.3 is 10.0 Å². The molecule has 0 amide bonds. The van der Waals surface area contributed by atoms with Crippen LogP contribution in [0.1, 0.15) is 76.5 Å². The first-order valence-electron chi connectivity index (χ1n) is 10.1. The molecule has 1 aromatic carbocycles. The smallest absolute Gasteiger partial charge is 0.182 e. The van der Waals surface area contributed by atoms with E-state index in [-0.39, 0.29) is 29.3 Å². The summed E-state index contributed by atoms with van der Waals surface area (Å²) in [6, 6.07) is 7.59. The van der Waals surface area contributed by atoms with Crippen molar-refractivity contribution in [3.05, 3.63) is 57.9 Å². The average Bonchev–Trinajstić information content (AvgIpc) is 2.99. The summed E-state index contributed by atoms with van der Waals surface area (Å²) >= 11 is 0. The lowest BCUT2D eigenvalue weighted by Gasteiger charge is -2.24. The van der Waals surface area contributed by atoms with Gasteiger partial charge in [-0.25, -0.2) is 4.98 Å². The van der Waals surface area contributed by atoms with Crippen molar-refractivity contribution in [2.45, 2.75) is 58.4 Å². The highest BCUT2D eigenvalue weighted by atomic mass is 79.9. The van der Waals surface area contributed by atoms with Gasteiger partial charge in [0.15, 0.2) is 5.78 Å². The molecule has 0 saturated heterocycles. The van der Waals surface area contributed by atoms with Crippen LogP contribution in [0, 0.1) is 19.3 Å². The summed E-state index contributed by atoms with van der Waals surface area (Å²) in [5.41, 5.74) is 4.85. The lowest BCUT2D eigenvalue weighted by Crippen LogP contribution is -2.30. The number of rotatable bonds is 4. The van der Waals surface area contributed by atoms with Crippen molar-refractivity contribution < 1.29 is 9.90 Å². The monoisotopic (exact) mass is 457 g/mol. The van der Waals surface area contributed by atoms with Crippen LogP contribution < -0.4 is 0 Å². The summed E-state index contributed by atoms with van der Waals surface area (Å²) in [5, 5.41) is 19.0. The number of fused-ring (bicyclic) bond motifs is 1. The van der Waals surface area contributed by atoms with Crippen molar-refractivity contribution in [1.82, 2.24) is 9.88 Å². The Morgan fingerprint density at radius 2 is 1.93 bits per heavy atom. The van der Waals surface area contributed by atoms with Gasteiger partial charge in [0, 0.05) is 23.4 Å². The number of aryl methyl sites for hydroxylation is 2. The van der Waals surface area contributed by atoms with Gasteiger partial charge in [-0.2, -0.15) is 0 Å². The first kappa shape index (κ1) is 21.5. The summed E-state index contributed by atoms with van der Waals surface area (Å²) in [4.78, 5) is 19.3. The number of carbonyl (C=O) groups excluding carboxylic acids is 1. The van der Waals surface area contributed by atoms with Crippen molar-refractivity contribution in [2.24, 2.45) is 0 Å². The Bertz CT molecular complexity index is 951. The first-order valence-corrected chi connectivity index (χ1v) is 10.1. The normalized spacial score (nSPS) is 16.5. The second kappa shape index (κ2) is 8.66. The molecule has 4 rings (SSSR count). The van der Waals surface area contributed by atoms with Gasteiger partial charge in [0.25, 0.3) is 0 Å². The second-order valence-electron chi connectivity index (χ2n) is 8.15. The Hall–Kier alpha value is -2.21. The van der Waals surface area contributed by atoms with E-state index in [4.69, 9.17) is 5.41 Å². The lowest BCUT2D eigenvalue weighted by atomic mass is 9.82. The molecule has 2 aliphatic rings. The summed E-state index contributed by atoms with van der Waals surface area (Å²) in [6.07, 6.45) is 5.75. The van der Waals surface area contributed by atoms with Crippen LogP contribution in [-0.4, -0.2) is 33.2 Å². The maximum Gasteiger partial charge on any atom is 0.182 e. The number of hydrogen-bond acceptors (Lipinski definition) is 4. The van der Waals surface area contributed by atoms with E-state index in [0.29, 0.717) is 35.3 Å². The van der Waals surface area contributed by atoms with E-state index in [1.807, 2.05) is 32.0 Å². The predicted octanol–water partition coefficient (Wildman–Crippen LogP) is 5.05. The number of halogens is 1. The number of aromatic nitrogens is 1. The van der Waals surface area contributed by atoms with Crippen molar-refractivity contribution >= 4 is 28.6 Å². The van der Waals surface area contributed by atoms with Gasteiger partial charge in [-0.05, 0) is 61.9 Å². The van der Waals surface area contributed by atoms with E-state index in [2.05, 4.69) is 4.98 Å². The van der Waals surface area contributed by atoms with Gasteiger partial charge in [0.2, 0.25) is 0 Å². The molecule has 1 aliphatic heterocycles. The average molecular weight is 458 g/mol. The van der Waals surface area contributed by atoms with Crippen LogP contribution in [0.2, 0.25) is 0 Å². The molecule has 1 saturated carbocycles. The van der Waals surface area contributed by atoms with Crippen LogP contribution in [0.25, 0.3) is 0 Å². The van der Waals surface area contributed by atoms with Gasteiger partial charge in [-0.3, -0.25) is 10.2 Å². The summed E-state index contributed by atoms with van der Waals surface area (Å²) in [6.45, 7) is 4.47. The molecule has 0 unspecified atom stereocenters. The molecule has 2 aromatic rings. The topological polar surface area (TPSA) is 77.3 Å². The van der Waals surface area contributed by atoms with Crippen LogP contribution in [0.4, 0.5) is 0 Å². The fourth-order valence-electron chi connectivity index (χ4n) is 4.44. The minimum atomic E-state index is -0.0190. The molecule has 0 atom stereocenters. The zero-order valence-electron chi connectivity index (χ0n) is 17.0. The van der Waals surface area contributed by atoms with Crippen LogP contribution >= 0.6 is 17.0 Å². The van der Waals surface area contributed by atoms with E-state index in [1.54, 1.807) is 11.0 Å². The standard InChI is InChI=1S/C23H27N3O2.BrH/c1-14-10-18(11-19(22(14)28)16-6-4-3-5-7-16)20(27)13-26-12-17-9-8-15(2)25-21(17)23(26)24;/h8-11,16,24,28H,3-7,12-13H2,1-2H3;1H. The molecule has 5 nitrogen and oxygen atoms in total. The zero-order chi connectivity index (χ0) is 19.8. The number of nitrogens with one attached hydrogen (secondary N) is 1. The number of phenols is 1. The number of pyridine rings is 1. The third-order valence-corrected chi connectivity index (χ3v) is 6.05. The molecule has 0 spiro atoms. The Morgan fingerprint density at radius 1 is 1.21 bits per heavy atom. The predicted molar refractivity (Wildman–Crippen MR) is 120 cm³/mol. The Morgan fingerprint density at radius 3 is 2.66 bits per heavy atom. The third-order valence-electron chi connectivity index (χ3n) is 6.05. The van der Waals surface area contributed by atoms with Crippen molar-refractivity contribution in [1.29, 1.82) is 5.41 Å². The first-order chi connectivity index (χ1) is 13.4. The molecule has 1 fully saturated rings. The van der Waals surface area contributed by atoms with Crippen LogP contribution in [0.15, 0.2) is 24.3 Å². The summed E-state index contributed by atoms with van der Waals surface area (Å²) < 4.78 is 0. The Kier molecular flexibility index (Phi) is 6.42. The molecule has 29 heavy (non-hydrogen) atoms. The highest BCUT2D eigenvalue weighted by Crippen LogP contribution is 2.39. The van der Waals surface area contributed by atoms with Gasteiger partial charge in [0.05, 0.1) is 6.54 Å². The SMILES string of the molecule is Br.Cc1ccc2c(n1)C(=N)N(CC(=O)c1cc(C)c(O)c(C3CCCCC3)c1)C2. The highest BCUT2D eigenvalue weighted by molar-refractivity contribution is 8.93. The number of benzene rings is 1. The van der Waals surface area contributed by atoms with Crippen LogP contribution in [0.3, 0.4) is 0 Å². The quantitative estimate of drug-likeness (QED) is 0.629. The number of carbonyl (C=O) groups is 1. The summed E-state index contributed by atoms with van der Waals surface area (Å²) in [7, 11) is 0. The molecule has 6 heteroatoms. The molecule has 0 radical (unpaired) electrons. The van der Waals surface area contributed by atoms with Gasteiger partial charge in [0.1, 0.15) is 17.3 Å². The number of ketones is 1. The minimum Gasteiger partial charge on any atom is -0.507 e. The number of nitrogens with zero attached hydrogens (tertiary/aromatic N) is 2. The molecule has 1 aliphatic carbocycles. The van der Waals surface area contributed by atoms with E-state index < -0.39 is 0 Å². The van der Waals surface area contributed by atoms with E-state index in [1.165, 1.54) is 19.3 Å². The maximum atomic E-state index is 13.0. The molecule has 2 heterocycles. The minimum absolute atomic E-state index is 0. The fraction of sp³-hybridized carbons (Fsp3) is 0.435. The molecular formula is C23H28BrN3O2.